The van der Waals surface area contributed by atoms with Gasteiger partial charge < -0.3 is 11.1 Å². The summed E-state index contributed by atoms with van der Waals surface area (Å²) in [6, 6.07) is 7.12. The lowest BCUT2D eigenvalue weighted by Gasteiger charge is -2.05. The Morgan fingerprint density at radius 1 is 1.50 bits per heavy atom. The molecule has 0 unspecified atom stereocenters. The number of rotatable bonds is 3. The molecule has 0 bridgehead atoms. The summed E-state index contributed by atoms with van der Waals surface area (Å²) in [5, 5.41) is 3.64. The molecule has 1 aromatic heterocycles. The maximum Gasteiger partial charge on any atom is 0.267 e. The highest BCUT2D eigenvalue weighted by atomic mass is 32.1. The molecule has 0 aliphatic heterocycles. The molecule has 2 aromatic rings. The van der Waals surface area contributed by atoms with Gasteiger partial charge in [0.05, 0.1) is 11.2 Å². The minimum atomic E-state index is -0.180. The summed E-state index contributed by atoms with van der Waals surface area (Å²) in [6.07, 6.45) is 1.56. The second-order valence-corrected chi connectivity index (χ2v) is 5.32. The zero-order valence-corrected chi connectivity index (χ0v) is 11.3. The van der Waals surface area contributed by atoms with Crippen LogP contribution in [0.15, 0.2) is 30.5 Å². The number of nitrogens with zero attached hydrogens (tertiary/aromatic N) is 1. The Morgan fingerprint density at radius 2 is 2.28 bits per heavy atom. The highest BCUT2D eigenvalue weighted by Gasteiger charge is 2.09. The van der Waals surface area contributed by atoms with Gasteiger partial charge in [-0.15, -0.1) is 11.3 Å². The van der Waals surface area contributed by atoms with Gasteiger partial charge in [0.1, 0.15) is 9.87 Å². The molecular formula is C12H11N3OS2. The lowest BCUT2D eigenvalue weighted by Crippen LogP contribution is -2.12. The normalized spacial score (nSPS) is 10.1. The van der Waals surface area contributed by atoms with Crippen molar-refractivity contribution in [2.45, 2.75) is 6.92 Å². The molecule has 0 saturated heterocycles. The first-order valence-corrected chi connectivity index (χ1v) is 6.42. The third-order valence-corrected chi connectivity index (χ3v) is 3.40. The summed E-state index contributed by atoms with van der Waals surface area (Å²) in [5.74, 6) is -0.180. The zero-order valence-electron chi connectivity index (χ0n) is 9.64. The first-order chi connectivity index (χ1) is 8.56. The van der Waals surface area contributed by atoms with Crippen molar-refractivity contribution in [3.63, 3.8) is 0 Å². The van der Waals surface area contributed by atoms with E-state index < -0.39 is 0 Å². The lowest BCUT2D eigenvalue weighted by atomic mass is 10.2. The lowest BCUT2D eigenvalue weighted by molar-refractivity contribution is 0.103. The minimum Gasteiger partial charge on any atom is -0.389 e. The van der Waals surface area contributed by atoms with Gasteiger partial charge >= 0.3 is 0 Å². The van der Waals surface area contributed by atoms with Crippen molar-refractivity contribution in [1.82, 2.24) is 4.98 Å². The number of nitrogens with one attached hydrogen (secondary N) is 1. The number of aryl methyl sites for hydroxylation is 1. The fraction of sp³-hybridized carbons (Fsp3) is 0.0833. The second-order valence-electron chi connectivity index (χ2n) is 3.64. The smallest absolute Gasteiger partial charge is 0.267 e. The highest BCUT2D eigenvalue weighted by Crippen LogP contribution is 2.16. The van der Waals surface area contributed by atoms with Gasteiger partial charge in [0, 0.05) is 11.3 Å². The van der Waals surface area contributed by atoms with Crippen molar-refractivity contribution in [3.05, 3.63) is 45.9 Å². The molecule has 4 nitrogen and oxygen atoms in total. The van der Waals surface area contributed by atoms with Gasteiger partial charge in [0.25, 0.3) is 5.91 Å². The molecule has 18 heavy (non-hydrogen) atoms. The summed E-state index contributed by atoms with van der Waals surface area (Å²) in [7, 11) is 0. The fourth-order valence-corrected chi connectivity index (χ4v) is 2.21. The summed E-state index contributed by atoms with van der Waals surface area (Å²) in [5.41, 5.74) is 6.93. The standard InChI is InChI=1S/C12H11N3OS2/c1-7-14-6-10(18-7)12(16)15-9-4-2-3-8(5-9)11(13)17/h2-6H,1H3,(H2,13,17)(H,15,16). The van der Waals surface area contributed by atoms with E-state index >= 15 is 0 Å². The van der Waals surface area contributed by atoms with Crippen LogP contribution in [0.1, 0.15) is 20.2 Å². The molecule has 0 fully saturated rings. The number of thiocarbonyl (C=S) groups is 1. The molecule has 1 heterocycles. The van der Waals surface area contributed by atoms with Crippen LogP contribution in [0.4, 0.5) is 5.69 Å². The van der Waals surface area contributed by atoms with Gasteiger partial charge in [-0.1, -0.05) is 24.4 Å². The molecule has 0 aliphatic rings. The van der Waals surface area contributed by atoms with Crippen molar-refractivity contribution >= 4 is 40.1 Å². The number of aromatic nitrogens is 1. The van der Waals surface area contributed by atoms with Crippen molar-refractivity contribution in [3.8, 4) is 0 Å². The van der Waals surface area contributed by atoms with Crippen molar-refractivity contribution in [2.24, 2.45) is 5.73 Å². The third-order valence-electron chi connectivity index (χ3n) is 2.25. The minimum absolute atomic E-state index is 0.180. The van der Waals surface area contributed by atoms with Crippen molar-refractivity contribution in [2.75, 3.05) is 5.32 Å². The Morgan fingerprint density at radius 3 is 2.89 bits per heavy atom. The summed E-state index contributed by atoms with van der Waals surface area (Å²) >= 11 is 6.24. The second kappa shape index (κ2) is 5.24. The number of amides is 1. The Kier molecular flexibility index (Phi) is 3.69. The number of nitrogens with two attached hydrogens (primary N) is 1. The van der Waals surface area contributed by atoms with Crippen LogP contribution < -0.4 is 11.1 Å². The molecular weight excluding hydrogens is 266 g/mol. The number of benzene rings is 1. The summed E-state index contributed by atoms with van der Waals surface area (Å²) in [4.78, 5) is 16.8. The van der Waals surface area contributed by atoms with Crippen LogP contribution in [-0.2, 0) is 0 Å². The van der Waals surface area contributed by atoms with Crippen LogP contribution in [0.2, 0.25) is 0 Å². The maximum absolute atomic E-state index is 11.9. The number of hydrogen-bond donors (Lipinski definition) is 2. The van der Waals surface area contributed by atoms with Crippen molar-refractivity contribution in [1.29, 1.82) is 0 Å². The van der Waals surface area contributed by atoms with E-state index in [1.54, 1.807) is 30.5 Å². The van der Waals surface area contributed by atoms with Gasteiger partial charge in [-0.3, -0.25) is 4.79 Å². The number of thiazole rings is 1. The third kappa shape index (κ3) is 2.91. The predicted molar refractivity (Wildman–Crippen MR) is 77.1 cm³/mol. The van der Waals surface area contributed by atoms with Gasteiger partial charge in [-0.25, -0.2) is 4.98 Å². The van der Waals surface area contributed by atoms with Gasteiger partial charge in [-0.2, -0.15) is 0 Å². The van der Waals surface area contributed by atoms with Crippen LogP contribution >= 0.6 is 23.6 Å². The molecule has 0 spiro atoms. The number of carbonyl (C=O) groups excluding carboxylic acids is 1. The quantitative estimate of drug-likeness (QED) is 0.845. The zero-order chi connectivity index (χ0) is 13.1. The van der Waals surface area contributed by atoms with E-state index in [0.717, 1.165) is 10.6 Å². The van der Waals surface area contributed by atoms with Crippen LogP contribution in [0.5, 0.6) is 0 Å². The van der Waals surface area contributed by atoms with E-state index in [2.05, 4.69) is 10.3 Å². The predicted octanol–water partition coefficient (Wildman–Crippen LogP) is 2.34. The topological polar surface area (TPSA) is 68.0 Å². The molecule has 0 aliphatic carbocycles. The van der Waals surface area contributed by atoms with Crippen LogP contribution in [0, 0.1) is 6.92 Å². The van der Waals surface area contributed by atoms with E-state index in [0.29, 0.717) is 15.6 Å². The molecule has 0 saturated carbocycles. The summed E-state index contributed by atoms with van der Waals surface area (Å²) < 4.78 is 0. The first kappa shape index (κ1) is 12.7. The Labute approximate surface area is 114 Å². The van der Waals surface area contributed by atoms with E-state index in [1.807, 2.05) is 6.92 Å². The fourth-order valence-electron chi connectivity index (χ4n) is 1.41. The molecule has 2 rings (SSSR count). The molecule has 1 amide bonds. The molecule has 0 radical (unpaired) electrons. The van der Waals surface area contributed by atoms with Gasteiger partial charge in [-0.05, 0) is 19.1 Å². The maximum atomic E-state index is 11.9. The molecule has 0 atom stereocenters. The van der Waals surface area contributed by atoms with E-state index in [9.17, 15) is 4.79 Å². The van der Waals surface area contributed by atoms with Gasteiger partial charge in [0.2, 0.25) is 0 Å². The van der Waals surface area contributed by atoms with Crippen LogP contribution in [0.25, 0.3) is 0 Å². The average molecular weight is 277 g/mol. The Balaban J connectivity index is 2.16. The van der Waals surface area contributed by atoms with Gasteiger partial charge in [0.15, 0.2) is 0 Å². The van der Waals surface area contributed by atoms with E-state index in [1.165, 1.54) is 11.3 Å². The monoisotopic (exact) mass is 277 g/mol. The van der Waals surface area contributed by atoms with Crippen LogP contribution in [-0.4, -0.2) is 15.9 Å². The molecule has 3 N–H and O–H groups in total. The Bertz CT molecular complexity index is 607. The molecule has 1 aromatic carbocycles. The first-order valence-electron chi connectivity index (χ1n) is 5.20. The number of anilines is 1. The average Bonchev–Trinajstić information content (AvgIpc) is 2.76. The summed E-state index contributed by atoms with van der Waals surface area (Å²) in [6.45, 7) is 1.86. The van der Waals surface area contributed by atoms with Crippen LogP contribution in [0.3, 0.4) is 0 Å². The van der Waals surface area contributed by atoms with Crippen molar-refractivity contribution < 1.29 is 4.79 Å². The number of hydrogen-bond acceptors (Lipinski definition) is 4. The molecule has 92 valence electrons. The van der Waals surface area contributed by atoms with E-state index in [-0.39, 0.29) is 5.91 Å². The number of carbonyl (C=O) groups is 1. The Hall–Kier alpha value is -1.79. The SMILES string of the molecule is Cc1ncc(C(=O)Nc2cccc(C(N)=S)c2)s1. The van der Waals surface area contributed by atoms with E-state index in [4.69, 9.17) is 18.0 Å². The largest absolute Gasteiger partial charge is 0.389 e. The highest BCUT2D eigenvalue weighted by molar-refractivity contribution is 7.80. The molecule has 6 heteroatoms.